The molecule has 10 aromatic carbocycles. The minimum absolute atomic E-state index is 0.514. The van der Waals surface area contributed by atoms with Gasteiger partial charge in [-0.15, -0.1) is 22.7 Å². The van der Waals surface area contributed by atoms with E-state index < -0.39 is 0 Å². The van der Waals surface area contributed by atoms with E-state index in [0.29, 0.717) is 34.2 Å². The second-order valence-corrected chi connectivity index (χ2v) is 32.3. The Morgan fingerprint density at radius 1 is 0.254 bits per heavy atom. The molecule has 0 saturated carbocycles. The summed E-state index contributed by atoms with van der Waals surface area (Å²) in [5, 5.41) is 6.26. The van der Waals surface area contributed by atoms with E-state index in [1.165, 1.54) is 29.6 Å². The lowest BCUT2D eigenvalue weighted by molar-refractivity contribution is 0.670. The van der Waals surface area contributed by atoms with Gasteiger partial charge in [-0.3, -0.25) is 44.9 Å². The van der Waals surface area contributed by atoms with Crippen LogP contribution in [0.2, 0.25) is 0 Å². The largest absolute Gasteiger partial charge is 0.455 e. The molecule has 23 rings (SSSR count). The summed E-state index contributed by atoms with van der Waals surface area (Å²) in [6.45, 7) is 4.37. The number of rotatable bonds is 15. The van der Waals surface area contributed by atoms with E-state index >= 15 is 0 Å². The monoisotopic (exact) mass is 1600 g/mol. The second-order valence-electron chi connectivity index (χ2n) is 30.2. The molecule has 0 spiro atoms. The Morgan fingerprint density at radius 3 is 1.36 bits per heavy atom. The van der Waals surface area contributed by atoms with Gasteiger partial charge in [-0.05, 0) is 196 Å². The summed E-state index contributed by atoms with van der Waals surface area (Å²) in [7, 11) is 0. The summed E-state index contributed by atoms with van der Waals surface area (Å²) in [5.74, 6) is 1.04. The number of furan rings is 1. The highest BCUT2D eigenvalue weighted by Crippen LogP contribution is 2.50. The van der Waals surface area contributed by atoms with E-state index in [2.05, 4.69) is 226 Å². The van der Waals surface area contributed by atoms with Gasteiger partial charge in [0.05, 0.1) is 102 Å². The number of thiophene rings is 2. The molecular formula is C105H64N14OS2. The summed E-state index contributed by atoms with van der Waals surface area (Å²) in [5.41, 5.74) is 30.0. The van der Waals surface area contributed by atoms with Crippen molar-refractivity contribution in [1.29, 1.82) is 0 Å². The normalized spacial score (nSPS) is 11.7. The van der Waals surface area contributed by atoms with Crippen molar-refractivity contribution >= 4 is 96.0 Å². The minimum Gasteiger partial charge on any atom is -0.455 e. The van der Waals surface area contributed by atoms with Gasteiger partial charge in [0.25, 0.3) is 0 Å². The van der Waals surface area contributed by atoms with Gasteiger partial charge in [-0.2, -0.15) is 0 Å². The number of aromatic nitrogens is 14. The lowest BCUT2D eigenvalue weighted by Gasteiger charge is -2.17. The zero-order chi connectivity index (χ0) is 80.9. The molecule has 0 aliphatic rings. The minimum atomic E-state index is 0.514. The number of fused-ring (bicyclic) bond motifs is 11. The van der Waals surface area contributed by atoms with Gasteiger partial charge in [0.1, 0.15) is 16.9 Å². The fourth-order valence-electron chi connectivity index (χ4n) is 17.3. The first-order valence-electron chi connectivity index (χ1n) is 40.1. The molecular weight excluding hydrogens is 1540 g/mol. The Morgan fingerprint density at radius 2 is 0.738 bits per heavy atom. The van der Waals surface area contributed by atoms with Crippen LogP contribution in [0.1, 0.15) is 11.1 Å². The van der Waals surface area contributed by atoms with Crippen LogP contribution in [0.25, 0.3) is 236 Å². The number of nitrogens with zero attached hydrogens (tertiary/aromatic N) is 14. The van der Waals surface area contributed by atoms with Gasteiger partial charge in [0.2, 0.25) is 0 Å². The van der Waals surface area contributed by atoms with Crippen molar-refractivity contribution in [2.24, 2.45) is 0 Å². The Hall–Kier alpha value is -16.0. The highest BCUT2D eigenvalue weighted by molar-refractivity contribution is 7.36. The van der Waals surface area contributed by atoms with E-state index in [1.54, 1.807) is 43.4 Å². The molecule has 13 aromatic heterocycles. The first-order valence-corrected chi connectivity index (χ1v) is 41.7. The topological polar surface area (TPSA) is 186 Å². The molecule has 0 aliphatic heterocycles. The van der Waals surface area contributed by atoms with Crippen LogP contribution < -0.4 is 0 Å². The highest BCUT2D eigenvalue weighted by atomic mass is 32.1. The fraction of sp³-hybridized carbons (Fsp3) is 0.0190. The maximum absolute atomic E-state index is 7.33. The molecule has 13 heterocycles. The van der Waals surface area contributed by atoms with E-state index in [0.717, 1.165) is 184 Å². The SMILES string of the molecule is Cc1c(-c2cnccn2)cccc1-c1cccc(-n2c3cnc(-c4cccc(-c5ccc6sc7c8cc(-c9cccc(-c%10cc(-c%11nccc(-c%12ccccc%12)n%11)c%11oc%12c(-c%13nccc(-c%14ccccc%14)n%13)cc(-c%13cccnc%13-c%13ccccn%13)cc%12c%11c%10)c9)ccc8sc7c6c5)c4)cc3c3cc(-c4cccnc4-c4cnccn4)ncc32)c1C. The van der Waals surface area contributed by atoms with Crippen molar-refractivity contribution in [1.82, 2.24) is 69.4 Å². The van der Waals surface area contributed by atoms with E-state index in [-0.39, 0.29) is 0 Å². The molecule has 0 unspecified atom stereocenters. The van der Waals surface area contributed by atoms with Gasteiger partial charge >= 0.3 is 0 Å². The summed E-state index contributed by atoms with van der Waals surface area (Å²) in [6.07, 6.45) is 23.4. The first-order chi connectivity index (χ1) is 60.3. The molecule has 15 nitrogen and oxygen atoms in total. The van der Waals surface area contributed by atoms with Crippen molar-refractivity contribution < 1.29 is 4.42 Å². The molecule has 122 heavy (non-hydrogen) atoms. The van der Waals surface area contributed by atoms with Gasteiger partial charge in [0.15, 0.2) is 11.6 Å². The van der Waals surface area contributed by atoms with Crippen molar-refractivity contribution in [2.75, 3.05) is 0 Å². The predicted molar refractivity (Wildman–Crippen MR) is 493 cm³/mol. The lowest BCUT2D eigenvalue weighted by atomic mass is 9.92. The maximum Gasteiger partial charge on any atom is 0.163 e. The first kappa shape index (κ1) is 71.4. The van der Waals surface area contributed by atoms with E-state index in [9.17, 15) is 0 Å². The van der Waals surface area contributed by atoms with Crippen molar-refractivity contribution in [2.45, 2.75) is 13.8 Å². The van der Waals surface area contributed by atoms with E-state index in [1.807, 2.05) is 145 Å². The third-order valence-electron chi connectivity index (χ3n) is 23.2. The standard InChI is InChI=1S/C105H64N14OS2/c1-61-73(25-13-27-75(61)91-57-106-43-45-109-91)74-26-14-31-93(62(74)2)119-94-59-115-89(55-78(94)79-56-90(116-60-95(79)119)77-29-16-40-112-99(77)92-58-107-44-46-110-92)70-24-12-22-66(48-70)69-33-35-97-83(50-69)103-102(122-97)82-49-68(32-34-96(82)121-103)65-21-11-23-67(47-65)71-51-80-81-53-72(76-28-15-39-111-98(76)88-30-9-10-38-108-88)54-85(105-114-42-37-87(118-105)64-19-7-4-8-20-64)101(81)120-100(80)84(52-71)104-113-41-36-86(117-104)63-17-5-3-6-18-63/h3-60H,1-2H3. The molecule has 17 heteroatoms. The zero-order valence-corrected chi connectivity index (χ0v) is 67.1. The van der Waals surface area contributed by atoms with Crippen LogP contribution in [0.15, 0.2) is 358 Å². The summed E-state index contributed by atoms with van der Waals surface area (Å²) in [6, 6.07) is 95.8. The number of pyridine rings is 5. The molecule has 0 amide bonds. The Bertz CT molecular complexity index is 8120. The summed E-state index contributed by atoms with van der Waals surface area (Å²) in [4.78, 5) is 63.9. The molecule has 0 fully saturated rings. The third-order valence-corrected chi connectivity index (χ3v) is 25.7. The number of benzene rings is 10. The van der Waals surface area contributed by atoms with Gasteiger partial charge in [-0.25, -0.2) is 19.9 Å². The van der Waals surface area contributed by atoms with Crippen LogP contribution in [-0.4, -0.2) is 69.4 Å². The molecule has 0 bridgehead atoms. The maximum atomic E-state index is 7.33. The molecule has 0 radical (unpaired) electrons. The Kier molecular flexibility index (Phi) is 17.3. The van der Waals surface area contributed by atoms with Crippen LogP contribution >= 0.6 is 22.7 Å². The zero-order valence-electron chi connectivity index (χ0n) is 65.5. The van der Waals surface area contributed by atoms with Gasteiger partial charge in [0, 0.05) is 137 Å². The van der Waals surface area contributed by atoms with E-state index in [4.69, 9.17) is 49.3 Å². The molecule has 0 N–H and O–H groups in total. The summed E-state index contributed by atoms with van der Waals surface area (Å²) < 4.78 is 14.7. The summed E-state index contributed by atoms with van der Waals surface area (Å²) >= 11 is 3.70. The van der Waals surface area contributed by atoms with Crippen LogP contribution in [-0.2, 0) is 0 Å². The van der Waals surface area contributed by atoms with Crippen LogP contribution in [0.5, 0.6) is 0 Å². The van der Waals surface area contributed by atoms with Crippen molar-refractivity contribution in [3.05, 3.63) is 365 Å². The lowest BCUT2D eigenvalue weighted by Crippen LogP contribution is -2.00. The molecule has 0 atom stereocenters. The fourth-order valence-corrected chi connectivity index (χ4v) is 19.9. The quantitative estimate of drug-likeness (QED) is 0.0943. The van der Waals surface area contributed by atoms with Crippen LogP contribution in [0.4, 0.5) is 0 Å². The predicted octanol–water partition coefficient (Wildman–Crippen LogP) is 26.4. The highest BCUT2D eigenvalue weighted by Gasteiger charge is 2.27. The number of hydrogen-bond donors (Lipinski definition) is 0. The second kappa shape index (κ2) is 29.6. The number of hydrogen-bond acceptors (Lipinski definition) is 16. The van der Waals surface area contributed by atoms with Gasteiger partial charge < -0.3 is 8.98 Å². The molecule has 572 valence electrons. The Balaban J connectivity index is 0.617. The van der Waals surface area contributed by atoms with Crippen LogP contribution in [0.3, 0.4) is 0 Å². The van der Waals surface area contributed by atoms with Crippen molar-refractivity contribution in [3.8, 4) is 163 Å². The molecule has 0 saturated heterocycles. The average Bonchev–Trinajstić information content (AvgIpc) is 1.58. The van der Waals surface area contributed by atoms with Crippen molar-refractivity contribution in [3.63, 3.8) is 0 Å². The van der Waals surface area contributed by atoms with Gasteiger partial charge in [-0.1, -0.05) is 152 Å². The Labute approximate surface area is 706 Å². The average molecular weight is 1600 g/mol. The van der Waals surface area contributed by atoms with Crippen LogP contribution in [0, 0.1) is 13.8 Å². The smallest absolute Gasteiger partial charge is 0.163 e. The molecule has 0 aliphatic carbocycles. The molecule has 23 aromatic rings. The third kappa shape index (κ3) is 12.4.